The van der Waals surface area contributed by atoms with E-state index in [-0.39, 0.29) is 22.8 Å². The van der Waals surface area contributed by atoms with Crippen LogP contribution in [0.1, 0.15) is 52.2 Å². The summed E-state index contributed by atoms with van der Waals surface area (Å²) in [5.74, 6) is 1.19. The number of nitrogens with one attached hydrogen (secondary N) is 1. The molecule has 8 heteroatoms. The number of aromatic nitrogens is 1. The van der Waals surface area contributed by atoms with E-state index in [4.69, 9.17) is 4.74 Å². The molecular weight excluding hydrogens is 480 g/mol. The topological polar surface area (TPSA) is 85.4 Å². The largest absolute Gasteiger partial charge is 0.495 e. The molecule has 0 amide bonds. The average Bonchev–Trinajstić information content (AvgIpc) is 3.12. The Labute approximate surface area is 213 Å². The van der Waals surface area contributed by atoms with Crippen LogP contribution in [0.4, 0.5) is 5.69 Å². The molecule has 0 radical (unpaired) electrons. The zero-order valence-electron chi connectivity index (χ0n) is 21.8. The van der Waals surface area contributed by atoms with Crippen LogP contribution in [0.5, 0.6) is 5.75 Å². The first-order chi connectivity index (χ1) is 16.2. The zero-order chi connectivity index (χ0) is 26.4. The number of hydrogen-bond donors (Lipinski definition) is 1. The summed E-state index contributed by atoms with van der Waals surface area (Å²) in [4.78, 5) is 17.8. The van der Waals surface area contributed by atoms with Gasteiger partial charge in [-0.2, -0.15) is 0 Å². The third-order valence-electron chi connectivity index (χ3n) is 4.73. The van der Waals surface area contributed by atoms with Gasteiger partial charge >= 0.3 is 0 Å². The van der Waals surface area contributed by atoms with Gasteiger partial charge < -0.3 is 4.74 Å². The number of Topliss-reactive ketones (excluding diaryl/α,β-unsaturated/α-hetero) is 1. The molecule has 0 saturated heterocycles. The number of para-hydroxylation sites is 1. The summed E-state index contributed by atoms with van der Waals surface area (Å²) in [6.45, 7) is 14.0. The molecule has 0 aliphatic heterocycles. The van der Waals surface area contributed by atoms with Gasteiger partial charge in [-0.1, -0.05) is 59.7 Å². The second kappa shape index (κ2) is 11.8. The summed E-state index contributed by atoms with van der Waals surface area (Å²) >= 11 is 1.41. The van der Waals surface area contributed by atoms with Crippen LogP contribution in [-0.2, 0) is 21.2 Å². The van der Waals surface area contributed by atoms with E-state index in [0.29, 0.717) is 11.3 Å². The summed E-state index contributed by atoms with van der Waals surface area (Å²) in [5.41, 5.74) is 1.49. The molecule has 0 saturated carbocycles. The first-order valence-electron chi connectivity index (χ1n) is 11.5. The minimum atomic E-state index is -3.88. The normalized spacial score (nSPS) is 11.6. The van der Waals surface area contributed by atoms with Gasteiger partial charge in [0.15, 0.2) is 0 Å². The van der Waals surface area contributed by atoms with Gasteiger partial charge in [0.25, 0.3) is 10.0 Å². The van der Waals surface area contributed by atoms with Gasteiger partial charge in [0.2, 0.25) is 0 Å². The van der Waals surface area contributed by atoms with Crippen LogP contribution in [0.2, 0.25) is 0 Å². The van der Waals surface area contributed by atoms with Crippen molar-refractivity contribution in [2.45, 2.75) is 59.8 Å². The van der Waals surface area contributed by atoms with Gasteiger partial charge in [-0.05, 0) is 48.7 Å². The maximum absolute atomic E-state index is 13.1. The van der Waals surface area contributed by atoms with E-state index in [2.05, 4.69) is 30.5 Å². The van der Waals surface area contributed by atoms with Crippen LogP contribution >= 0.6 is 11.3 Å². The first-order valence-corrected chi connectivity index (χ1v) is 13.8. The molecule has 0 fully saturated rings. The van der Waals surface area contributed by atoms with Crippen LogP contribution < -0.4 is 9.46 Å². The molecule has 6 nitrogen and oxygen atoms in total. The van der Waals surface area contributed by atoms with Gasteiger partial charge in [0, 0.05) is 11.1 Å². The fourth-order valence-electron chi connectivity index (χ4n) is 2.94. The number of ketones is 1. The first kappa shape index (κ1) is 28.5. The van der Waals surface area contributed by atoms with Crippen LogP contribution in [-0.4, -0.2) is 26.3 Å². The highest BCUT2D eigenvalue weighted by Gasteiger charge is 2.25. The van der Waals surface area contributed by atoms with Gasteiger partial charge in [-0.25, -0.2) is 13.4 Å². The minimum Gasteiger partial charge on any atom is -0.495 e. The lowest BCUT2D eigenvalue weighted by Crippen LogP contribution is -2.21. The Hall–Kier alpha value is -2.71. The molecule has 1 heterocycles. The Morgan fingerprint density at radius 2 is 1.69 bits per heavy atom. The molecule has 0 atom stereocenters. The lowest BCUT2D eigenvalue weighted by molar-refractivity contribution is -0.125. The van der Waals surface area contributed by atoms with Crippen molar-refractivity contribution in [3.05, 3.63) is 59.2 Å². The second-order valence-corrected chi connectivity index (χ2v) is 12.7. The van der Waals surface area contributed by atoms with E-state index >= 15 is 0 Å². The van der Waals surface area contributed by atoms with Crippen molar-refractivity contribution in [1.82, 2.24) is 4.98 Å². The predicted octanol–water partition coefficient (Wildman–Crippen LogP) is 6.75. The molecular formula is C27H36N2O4S2. The second-order valence-electron chi connectivity index (χ2n) is 9.94. The Morgan fingerprint density at radius 1 is 1.09 bits per heavy atom. The summed E-state index contributed by atoms with van der Waals surface area (Å²) in [7, 11) is -2.44. The van der Waals surface area contributed by atoms with E-state index in [1.807, 2.05) is 33.8 Å². The highest BCUT2D eigenvalue weighted by Crippen LogP contribution is 2.36. The van der Waals surface area contributed by atoms with E-state index in [1.54, 1.807) is 42.5 Å². The fraction of sp³-hybridized carbons (Fsp3) is 0.407. The molecule has 3 aromatic rings. The summed E-state index contributed by atoms with van der Waals surface area (Å²) in [5, 5.41) is 0.718. The molecule has 1 aromatic heterocycles. The number of sulfonamides is 1. The Balaban J connectivity index is 0.00000100. The van der Waals surface area contributed by atoms with Crippen LogP contribution in [0.3, 0.4) is 0 Å². The number of nitrogens with zero attached hydrogens (tertiary/aromatic N) is 1. The Morgan fingerprint density at radius 3 is 2.23 bits per heavy atom. The third kappa shape index (κ3) is 8.18. The Bertz CT molecular complexity index is 1240. The van der Waals surface area contributed by atoms with Gasteiger partial charge in [0.1, 0.15) is 21.4 Å². The molecule has 0 aliphatic carbocycles. The zero-order valence-corrected chi connectivity index (χ0v) is 23.4. The van der Waals surface area contributed by atoms with Crippen molar-refractivity contribution < 1.29 is 17.9 Å². The number of carbonyl (C=O) groups excluding carboxylic acids is 1. The molecule has 0 bridgehead atoms. The molecule has 0 unspecified atom stereocenters. The SMILES string of the molecule is CC(C)C.COc1ccc(-c2sc(CC(=O)C(C)(C)C)nc2C)cc1S(=O)(=O)Nc1ccccc1. The van der Waals surface area contributed by atoms with E-state index < -0.39 is 15.4 Å². The standard InChI is InChI=1S/C23H26N2O4S2.C4H10/c1-15-22(30-21(24-15)14-20(26)23(2,3)4)16-11-12-18(29-5)19(13-16)31(27,28)25-17-9-7-6-8-10-17;1-4(2)3/h6-13,25H,14H2,1-5H3;4H,1-3H3. The number of methoxy groups -OCH3 is 1. The lowest BCUT2D eigenvalue weighted by atomic mass is 9.89. The van der Waals surface area contributed by atoms with Crippen molar-refractivity contribution in [3.8, 4) is 16.2 Å². The number of anilines is 1. The smallest absolute Gasteiger partial charge is 0.265 e. The number of carbonyl (C=O) groups is 1. The number of benzene rings is 2. The molecule has 3 rings (SSSR count). The van der Waals surface area contributed by atoms with Gasteiger partial charge in [-0.15, -0.1) is 11.3 Å². The maximum Gasteiger partial charge on any atom is 0.265 e. The van der Waals surface area contributed by atoms with Crippen molar-refractivity contribution >= 4 is 32.8 Å². The maximum atomic E-state index is 13.1. The van der Waals surface area contributed by atoms with Crippen molar-refractivity contribution in [1.29, 1.82) is 0 Å². The molecule has 35 heavy (non-hydrogen) atoms. The van der Waals surface area contributed by atoms with E-state index in [0.717, 1.165) is 21.5 Å². The summed E-state index contributed by atoms with van der Waals surface area (Å²) < 4.78 is 34.0. The molecule has 2 aromatic carbocycles. The van der Waals surface area contributed by atoms with Gasteiger partial charge in [0.05, 0.1) is 24.1 Å². The molecule has 0 spiro atoms. The van der Waals surface area contributed by atoms with Crippen LogP contribution in [0, 0.1) is 18.3 Å². The fourth-order valence-corrected chi connectivity index (χ4v) is 5.26. The average molecular weight is 517 g/mol. The lowest BCUT2D eigenvalue weighted by Gasteiger charge is -2.15. The number of rotatable bonds is 7. The van der Waals surface area contributed by atoms with Crippen LogP contribution in [0.15, 0.2) is 53.4 Å². The highest BCUT2D eigenvalue weighted by atomic mass is 32.2. The van der Waals surface area contributed by atoms with Gasteiger partial charge in [-0.3, -0.25) is 9.52 Å². The van der Waals surface area contributed by atoms with Crippen molar-refractivity contribution in [3.63, 3.8) is 0 Å². The van der Waals surface area contributed by atoms with Crippen molar-refractivity contribution in [2.24, 2.45) is 11.3 Å². The quantitative estimate of drug-likeness (QED) is 0.375. The summed E-state index contributed by atoms with van der Waals surface area (Å²) in [6.07, 6.45) is 0.256. The number of ether oxygens (including phenoxy) is 1. The molecule has 190 valence electrons. The van der Waals surface area contributed by atoms with E-state index in [9.17, 15) is 13.2 Å². The summed E-state index contributed by atoms with van der Waals surface area (Å²) in [6, 6.07) is 13.7. The number of thiazole rings is 1. The number of hydrogen-bond acceptors (Lipinski definition) is 6. The minimum absolute atomic E-state index is 0.0384. The monoisotopic (exact) mass is 516 g/mol. The number of aryl methyl sites for hydroxylation is 1. The van der Waals surface area contributed by atoms with Crippen molar-refractivity contribution in [2.75, 3.05) is 11.8 Å². The third-order valence-corrected chi connectivity index (χ3v) is 7.34. The van der Waals surface area contributed by atoms with Crippen LogP contribution in [0.25, 0.3) is 10.4 Å². The molecule has 0 aliphatic rings. The van der Waals surface area contributed by atoms with E-state index in [1.165, 1.54) is 18.4 Å². The molecule has 1 N–H and O–H groups in total. The predicted molar refractivity (Wildman–Crippen MR) is 145 cm³/mol. The highest BCUT2D eigenvalue weighted by molar-refractivity contribution is 7.92. The Kier molecular flexibility index (Phi) is 9.63.